The van der Waals surface area contributed by atoms with Crippen molar-refractivity contribution in [1.29, 1.82) is 0 Å². The number of hydrogen-bond acceptors (Lipinski definition) is 2. The molecule has 1 rings (SSSR count). The first-order valence-electron chi connectivity index (χ1n) is 5.78. The molecule has 0 bridgehead atoms. The van der Waals surface area contributed by atoms with Gasteiger partial charge in [0.1, 0.15) is 0 Å². The van der Waals surface area contributed by atoms with Gasteiger partial charge in [-0.3, -0.25) is 4.79 Å². The molecule has 0 fully saturated rings. The number of carboxylic acid groups (broad SMARTS) is 1. The molecule has 0 amide bonds. The Balaban J connectivity index is 2.66. The van der Waals surface area contributed by atoms with Crippen LogP contribution in [-0.2, 0) is 10.2 Å². The van der Waals surface area contributed by atoms with Crippen LogP contribution in [-0.4, -0.2) is 16.3 Å². The second kappa shape index (κ2) is 5.58. The average Bonchev–Trinajstić information content (AvgIpc) is 2.15. The standard InChI is InChI=1S/C14H20O2S/c1-10(9-13(15)16)17-12-7-5-11(6-8-12)14(2,3)4/h5-8,10H,9H2,1-4H3,(H,15,16). The first-order valence-corrected chi connectivity index (χ1v) is 6.66. The molecule has 0 aliphatic heterocycles. The predicted octanol–water partition coefficient (Wildman–Crippen LogP) is 3.94. The van der Waals surface area contributed by atoms with Crippen molar-refractivity contribution in [2.24, 2.45) is 0 Å². The Labute approximate surface area is 107 Å². The first kappa shape index (κ1) is 14.1. The van der Waals surface area contributed by atoms with Gasteiger partial charge in [-0.25, -0.2) is 0 Å². The molecule has 0 radical (unpaired) electrons. The van der Waals surface area contributed by atoms with Crippen LogP contribution in [0.2, 0.25) is 0 Å². The van der Waals surface area contributed by atoms with Crippen LogP contribution in [0.5, 0.6) is 0 Å². The van der Waals surface area contributed by atoms with E-state index >= 15 is 0 Å². The van der Waals surface area contributed by atoms with Gasteiger partial charge >= 0.3 is 5.97 Å². The fourth-order valence-electron chi connectivity index (χ4n) is 1.55. The highest BCUT2D eigenvalue weighted by atomic mass is 32.2. The molecule has 1 aromatic rings. The van der Waals surface area contributed by atoms with Crippen LogP contribution < -0.4 is 0 Å². The highest BCUT2D eigenvalue weighted by Crippen LogP contribution is 2.28. The lowest BCUT2D eigenvalue weighted by molar-refractivity contribution is -0.136. The van der Waals surface area contributed by atoms with Crippen molar-refractivity contribution in [3.63, 3.8) is 0 Å². The molecular weight excluding hydrogens is 232 g/mol. The van der Waals surface area contributed by atoms with E-state index in [1.165, 1.54) is 5.56 Å². The second-order valence-electron chi connectivity index (χ2n) is 5.30. The van der Waals surface area contributed by atoms with E-state index in [9.17, 15) is 4.79 Å². The number of aliphatic carboxylic acids is 1. The SMILES string of the molecule is CC(CC(=O)O)Sc1ccc(C(C)(C)C)cc1. The summed E-state index contributed by atoms with van der Waals surface area (Å²) < 4.78 is 0. The van der Waals surface area contributed by atoms with Gasteiger partial charge in [0.05, 0.1) is 6.42 Å². The number of carboxylic acids is 1. The Hall–Kier alpha value is -0.960. The van der Waals surface area contributed by atoms with Crippen molar-refractivity contribution >= 4 is 17.7 Å². The lowest BCUT2D eigenvalue weighted by atomic mass is 9.87. The first-order chi connectivity index (χ1) is 7.79. The van der Waals surface area contributed by atoms with E-state index < -0.39 is 5.97 Å². The maximum atomic E-state index is 10.6. The normalized spacial score (nSPS) is 13.4. The molecule has 0 aromatic heterocycles. The molecule has 1 unspecified atom stereocenters. The minimum absolute atomic E-state index is 0.105. The minimum atomic E-state index is -0.740. The molecule has 0 heterocycles. The van der Waals surface area contributed by atoms with Crippen LogP contribution in [0.1, 0.15) is 39.7 Å². The largest absolute Gasteiger partial charge is 0.481 e. The summed E-state index contributed by atoms with van der Waals surface area (Å²) in [5, 5.41) is 8.80. The molecule has 94 valence electrons. The fourth-order valence-corrected chi connectivity index (χ4v) is 2.54. The Morgan fingerprint density at radius 3 is 2.24 bits per heavy atom. The van der Waals surface area contributed by atoms with Crippen LogP contribution >= 0.6 is 11.8 Å². The molecule has 2 nitrogen and oxygen atoms in total. The van der Waals surface area contributed by atoms with Crippen LogP contribution in [0.15, 0.2) is 29.2 Å². The zero-order valence-corrected chi connectivity index (χ0v) is 11.7. The van der Waals surface area contributed by atoms with E-state index in [-0.39, 0.29) is 17.1 Å². The van der Waals surface area contributed by atoms with Gasteiger partial charge in [-0.2, -0.15) is 0 Å². The molecule has 1 aromatic carbocycles. The third-order valence-electron chi connectivity index (χ3n) is 2.52. The molecule has 0 aliphatic rings. The summed E-state index contributed by atoms with van der Waals surface area (Å²) in [5.74, 6) is -0.740. The zero-order valence-electron chi connectivity index (χ0n) is 10.9. The lowest BCUT2D eigenvalue weighted by Gasteiger charge is -2.19. The Morgan fingerprint density at radius 1 is 1.29 bits per heavy atom. The summed E-state index contributed by atoms with van der Waals surface area (Å²) >= 11 is 1.61. The maximum absolute atomic E-state index is 10.6. The Morgan fingerprint density at radius 2 is 1.82 bits per heavy atom. The molecular formula is C14H20O2S. The van der Waals surface area contributed by atoms with Crippen LogP contribution in [0.4, 0.5) is 0 Å². The van der Waals surface area contributed by atoms with Gasteiger partial charge in [-0.05, 0) is 23.1 Å². The summed E-state index contributed by atoms with van der Waals surface area (Å²) in [5.41, 5.74) is 1.46. The molecule has 0 saturated heterocycles. The van der Waals surface area contributed by atoms with Gasteiger partial charge in [0.25, 0.3) is 0 Å². The number of thioether (sulfide) groups is 1. The number of rotatable bonds is 4. The fraction of sp³-hybridized carbons (Fsp3) is 0.500. The minimum Gasteiger partial charge on any atom is -0.481 e. The quantitative estimate of drug-likeness (QED) is 0.825. The number of benzene rings is 1. The topological polar surface area (TPSA) is 37.3 Å². The summed E-state index contributed by atoms with van der Waals surface area (Å²) in [6.45, 7) is 8.49. The molecule has 3 heteroatoms. The average molecular weight is 252 g/mol. The maximum Gasteiger partial charge on any atom is 0.304 e. The van der Waals surface area contributed by atoms with Crippen molar-refractivity contribution < 1.29 is 9.90 Å². The van der Waals surface area contributed by atoms with Crippen molar-refractivity contribution in [3.05, 3.63) is 29.8 Å². The Bertz CT molecular complexity index is 376. The van der Waals surface area contributed by atoms with Gasteiger partial charge in [-0.1, -0.05) is 39.8 Å². The number of carbonyl (C=O) groups is 1. The molecule has 1 atom stereocenters. The van der Waals surface area contributed by atoms with Crippen molar-refractivity contribution in [1.82, 2.24) is 0 Å². The van der Waals surface area contributed by atoms with E-state index in [1.807, 2.05) is 6.92 Å². The van der Waals surface area contributed by atoms with Gasteiger partial charge in [0.2, 0.25) is 0 Å². The van der Waals surface area contributed by atoms with E-state index in [0.29, 0.717) is 0 Å². The highest BCUT2D eigenvalue weighted by Gasteiger charge is 2.14. The summed E-state index contributed by atoms with van der Waals surface area (Å²) in [7, 11) is 0. The van der Waals surface area contributed by atoms with Gasteiger partial charge in [0, 0.05) is 10.1 Å². The smallest absolute Gasteiger partial charge is 0.304 e. The van der Waals surface area contributed by atoms with Crippen molar-refractivity contribution in [2.75, 3.05) is 0 Å². The molecule has 17 heavy (non-hydrogen) atoms. The second-order valence-corrected chi connectivity index (χ2v) is 6.81. The lowest BCUT2D eigenvalue weighted by Crippen LogP contribution is -2.10. The van der Waals surface area contributed by atoms with E-state index in [1.54, 1.807) is 11.8 Å². The zero-order chi connectivity index (χ0) is 13.1. The van der Waals surface area contributed by atoms with Crippen molar-refractivity contribution in [3.8, 4) is 0 Å². The van der Waals surface area contributed by atoms with Crippen molar-refractivity contribution in [2.45, 2.75) is 49.7 Å². The van der Waals surface area contributed by atoms with Crippen LogP contribution in [0, 0.1) is 0 Å². The van der Waals surface area contributed by atoms with Crippen LogP contribution in [0.3, 0.4) is 0 Å². The predicted molar refractivity (Wildman–Crippen MR) is 72.7 cm³/mol. The molecule has 0 saturated carbocycles. The van der Waals surface area contributed by atoms with E-state index in [2.05, 4.69) is 45.0 Å². The summed E-state index contributed by atoms with van der Waals surface area (Å²) in [4.78, 5) is 11.7. The van der Waals surface area contributed by atoms with E-state index in [4.69, 9.17) is 5.11 Å². The third-order valence-corrected chi connectivity index (χ3v) is 3.63. The van der Waals surface area contributed by atoms with Gasteiger partial charge < -0.3 is 5.11 Å². The van der Waals surface area contributed by atoms with Crippen LogP contribution in [0.25, 0.3) is 0 Å². The summed E-state index contributed by atoms with van der Waals surface area (Å²) in [6, 6.07) is 8.39. The number of hydrogen-bond donors (Lipinski definition) is 1. The monoisotopic (exact) mass is 252 g/mol. The molecule has 0 spiro atoms. The van der Waals surface area contributed by atoms with E-state index in [0.717, 1.165) is 4.90 Å². The summed E-state index contributed by atoms with van der Waals surface area (Å²) in [6.07, 6.45) is 0.200. The van der Waals surface area contributed by atoms with Gasteiger partial charge in [-0.15, -0.1) is 11.8 Å². The highest BCUT2D eigenvalue weighted by molar-refractivity contribution is 8.00. The molecule has 0 aliphatic carbocycles. The molecule has 1 N–H and O–H groups in total. The Kier molecular flexibility index (Phi) is 4.63. The third kappa shape index (κ3) is 4.82. The van der Waals surface area contributed by atoms with Gasteiger partial charge in [0.15, 0.2) is 0 Å².